The zero-order valence-corrected chi connectivity index (χ0v) is 12.9. The number of halogens is 2. The average molecular weight is 308 g/mol. The Balaban J connectivity index is 2.20. The van der Waals surface area contributed by atoms with Gasteiger partial charge in [-0.05, 0) is 49.9 Å². The molecule has 1 atom stereocenters. The molecule has 2 rings (SSSR count). The summed E-state index contributed by atoms with van der Waals surface area (Å²) in [4.78, 5) is 6.52. The Morgan fingerprint density at radius 3 is 2.71 bits per heavy atom. The van der Waals surface area contributed by atoms with Gasteiger partial charge in [-0.15, -0.1) is 0 Å². The van der Waals surface area contributed by atoms with Crippen LogP contribution in [0, 0.1) is 12.7 Å². The first kappa shape index (κ1) is 15.9. The van der Waals surface area contributed by atoms with Gasteiger partial charge in [0.25, 0.3) is 0 Å². The van der Waals surface area contributed by atoms with E-state index >= 15 is 0 Å². The lowest BCUT2D eigenvalue weighted by Crippen LogP contribution is -2.30. The van der Waals surface area contributed by atoms with Crippen molar-refractivity contribution in [1.29, 1.82) is 0 Å². The van der Waals surface area contributed by atoms with Crippen molar-refractivity contribution in [1.82, 2.24) is 9.88 Å². The maximum Gasteiger partial charge on any atom is 0.125 e. The smallest absolute Gasteiger partial charge is 0.125 e. The molecule has 0 aliphatic carbocycles. The van der Waals surface area contributed by atoms with Crippen molar-refractivity contribution in [2.75, 3.05) is 13.6 Å². The highest BCUT2D eigenvalue weighted by Gasteiger charge is 2.17. The highest BCUT2D eigenvalue weighted by Crippen LogP contribution is 2.24. The molecule has 2 N–H and O–H groups in total. The van der Waals surface area contributed by atoms with Gasteiger partial charge in [0.1, 0.15) is 5.82 Å². The lowest BCUT2D eigenvalue weighted by Gasteiger charge is -2.27. The molecule has 0 radical (unpaired) electrons. The van der Waals surface area contributed by atoms with Crippen LogP contribution >= 0.6 is 11.6 Å². The summed E-state index contributed by atoms with van der Waals surface area (Å²) in [6.07, 6.45) is 0. The van der Waals surface area contributed by atoms with E-state index in [1.165, 1.54) is 12.1 Å². The molecule has 1 aromatic carbocycles. The molecule has 0 bridgehead atoms. The fourth-order valence-electron chi connectivity index (χ4n) is 2.39. The molecule has 2 aromatic rings. The molecule has 21 heavy (non-hydrogen) atoms. The zero-order valence-electron chi connectivity index (χ0n) is 12.2. The van der Waals surface area contributed by atoms with Crippen molar-refractivity contribution in [3.05, 3.63) is 64.2 Å². The van der Waals surface area contributed by atoms with Crippen LogP contribution in [0.3, 0.4) is 0 Å². The largest absolute Gasteiger partial charge is 0.329 e. The lowest BCUT2D eigenvalue weighted by atomic mass is 10.1. The summed E-state index contributed by atoms with van der Waals surface area (Å²) >= 11 is 5.93. The highest BCUT2D eigenvalue weighted by atomic mass is 35.5. The third-order valence-electron chi connectivity index (χ3n) is 3.38. The predicted octanol–water partition coefficient (Wildman–Crippen LogP) is 3.31. The summed E-state index contributed by atoms with van der Waals surface area (Å²) in [6.45, 7) is 2.97. The van der Waals surface area contributed by atoms with Gasteiger partial charge in [0.05, 0.1) is 5.69 Å². The lowest BCUT2D eigenvalue weighted by molar-refractivity contribution is 0.238. The second-order valence-electron chi connectivity index (χ2n) is 5.14. The van der Waals surface area contributed by atoms with E-state index in [0.29, 0.717) is 18.1 Å². The number of hydrogen-bond acceptors (Lipinski definition) is 3. The standard InChI is InChI=1S/C16H19ClFN3/c1-11-4-3-5-15(20-11)10-21(2)16(9-19)12-6-13(17)8-14(18)7-12/h3-8,16H,9-10,19H2,1-2H3. The molecule has 5 heteroatoms. The molecule has 112 valence electrons. The monoisotopic (exact) mass is 307 g/mol. The van der Waals surface area contributed by atoms with Crippen LogP contribution in [0.4, 0.5) is 4.39 Å². The molecule has 0 fully saturated rings. The van der Waals surface area contributed by atoms with Crippen LogP contribution in [-0.2, 0) is 6.54 Å². The first-order valence-corrected chi connectivity index (χ1v) is 7.16. The number of hydrogen-bond donors (Lipinski definition) is 1. The van der Waals surface area contributed by atoms with Gasteiger partial charge in [0.15, 0.2) is 0 Å². The van der Waals surface area contributed by atoms with Gasteiger partial charge in [-0.1, -0.05) is 17.7 Å². The average Bonchev–Trinajstić information content (AvgIpc) is 2.38. The molecule has 0 saturated heterocycles. The third kappa shape index (κ3) is 4.24. The maximum atomic E-state index is 13.5. The minimum Gasteiger partial charge on any atom is -0.329 e. The third-order valence-corrected chi connectivity index (χ3v) is 3.60. The normalized spacial score (nSPS) is 12.7. The van der Waals surface area contributed by atoms with Gasteiger partial charge in [-0.3, -0.25) is 9.88 Å². The molecule has 0 spiro atoms. The fourth-order valence-corrected chi connectivity index (χ4v) is 2.62. The number of rotatable bonds is 5. The Morgan fingerprint density at radius 1 is 1.33 bits per heavy atom. The van der Waals surface area contributed by atoms with E-state index in [1.54, 1.807) is 6.07 Å². The number of likely N-dealkylation sites (N-methyl/N-ethyl adjacent to an activating group) is 1. The predicted molar refractivity (Wildman–Crippen MR) is 83.6 cm³/mol. The number of pyridine rings is 1. The van der Waals surface area contributed by atoms with Crippen LogP contribution in [-0.4, -0.2) is 23.5 Å². The van der Waals surface area contributed by atoms with Crippen molar-refractivity contribution < 1.29 is 4.39 Å². The Labute approximate surface area is 129 Å². The number of nitrogens with zero attached hydrogens (tertiary/aromatic N) is 2. The van der Waals surface area contributed by atoms with Gasteiger partial charge in [-0.2, -0.15) is 0 Å². The summed E-state index contributed by atoms with van der Waals surface area (Å²) < 4.78 is 13.5. The van der Waals surface area contributed by atoms with Gasteiger partial charge < -0.3 is 5.73 Å². The van der Waals surface area contributed by atoms with Crippen molar-refractivity contribution in [2.24, 2.45) is 5.73 Å². The Morgan fingerprint density at radius 2 is 2.10 bits per heavy atom. The highest BCUT2D eigenvalue weighted by molar-refractivity contribution is 6.30. The maximum absolute atomic E-state index is 13.5. The van der Waals surface area contributed by atoms with E-state index < -0.39 is 0 Å². The second-order valence-corrected chi connectivity index (χ2v) is 5.58. The molecular formula is C16H19ClFN3. The molecule has 0 amide bonds. The van der Waals surface area contributed by atoms with Crippen LogP contribution in [0.5, 0.6) is 0 Å². The summed E-state index contributed by atoms with van der Waals surface area (Å²) in [5.41, 5.74) is 8.57. The molecule has 0 saturated carbocycles. The van der Waals surface area contributed by atoms with E-state index in [4.69, 9.17) is 17.3 Å². The van der Waals surface area contributed by atoms with Crippen LogP contribution in [0.1, 0.15) is 23.0 Å². The molecule has 0 aliphatic heterocycles. The Bertz CT molecular complexity index is 598. The van der Waals surface area contributed by atoms with E-state index in [0.717, 1.165) is 17.0 Å². The van der Waals surface area contributed by atoms with Crippen LogP contribution in [0.2, 0.25) is 5.02 Å². The molecule has 1 aromatic heterocycles. The Hall–Kier alpha value is -1.49. The Kier molecular flexibility index (Phi) is 5.28. The second kappa shape index (κ2) is 6.98. The molecular weight excluding hydrogens is 289 g/mol. The first-order chi connectivity index (χ1) is 9.99. The quantitative estimate of drug-likeness (QED) is 0.921. The minimum atomic E-state index is -0.349. The van der Waals surface area contributed by atoms with Gasteiger partial charge in [-0.25, -0.2) is 4.39 Å². The van der Waals surface area contributed by atoms with E-state index in [-0.39, 0.29) is 11.9 Å². The van der Waals surface area contributed by atoms with Crippen molar-refractivity contribution in [3.8, 4) is 0 Å². The topological polar surface area (TPSA) is 42.1 Å². The van der Waals surface area contributed by atoms with Gasteiger partial charge >= 0.3 is 0 Å². The number of aromatic nitrogens is 1. The van der Waals surface area contributed by atoms with Crippen LogP contribution < -0.4 is 5.73 Å². The SMILES string of the molecule is Cc1cccc(CN(C)C(CN)c2cc(F)cc(Cl)c2)n1. The van der Waals surface area contributed by atoms with Crippen molar-refractivity contribution >= 4 is 11.6 Å². The zero-order chi connectivity index (χ0) is 15.4. The summed E-state index contributed by atoms with van der Waals surface area (Å²) in [5, 5.41) is 0.380. The van der Waals surface area contributed by atoms with Gasteiger partial charge in [0, 0.05) is 29.8 Å². The molecule has 0 aliphatic rings. The summed E-state index contributed by atoms with van der Waals surface area (Å²) in [7, 11) is 1.94. The summed E-state index contributed by atoms with van der Waals surface area (Å²) in [5.74, 6) is -0.349. The number of benzene rings is 1. The first-order valence-electron chi connectivity index (χ1n) is 6.78. The minimum absolute atomic E-state index is 0.111. The number of nitrogens with two attached hydrogens (primary N) is 1. The number of aryl methyl sites for hydroxylation is 1. The van der Waals surface area contributed by atoms with E-state index in [1.807, 2.05) is 37.1 Å². The fraction of sp³-hybridized carbons (Fsp3) is 0.312. The van der Waals surface area contributed by atoms with E-state index in [2.05, 4.69) is 4.98 Å². The van der Waals surface area contributed by atoms with E-state index in [9.17, 15) is 4.39 Å². The molecule has 3 nitrogen and oxygen atoms in total. The molecule has 1 unspecified atom stereocenters. The van der Waals surface area contributed by atoms with Gasteiger partial charge in [0.2, 0.25) is 0 Å². The molecule has 1 heterocycles. The van der Waals surface area contributed by atoms with Crippen LogP contribution in [0.15, 0.2) is 36.4 Å². The van der Waals surface area contributed by atoms with Crippen molar-refractivity contribution in [2.45, 2.75) is 19.5 Å². The van der Waals surface area contributed by atoms with Crippen molar-refractivity contribution in [3.63, 3.8) is 0 Å². The summed E-state index contributed by atoms with van der Waals surface area (Å²) in [6, 6.07) is 10.3. The van der Waals surface area contributed by atoms with Crippen LogP contribution in [0.25, 0.3) is 0 Å².